The maximum Gasteiger partial charge on any atom is 0.281 e. The highest BCUT2D eigenvalue weighted by Gasteiger charge is 2.21. The van der Waals surface area contributed by atoms with Crippen molar-refractivity contribution in [1.82, 2.24) is 4.90 Å². The zero-order valence-corrected chi connectivity index (χ0v) is 12.1. The molecular formula is C13H12ClN3O2S. The molecule has 0 bridgehead atoms. The maximum absolute atomic E-state index is 11.8. The van der Waals surface area contributed by atoms with E-state index < -0.39 is 0 Å². The SMILES string of the molecule is N#Cc1ccc(NC(=O)CCN2CCSC2=O)cc1Cl. The van der Waals surface area contributed by atoms with Crippen LogP contribution in [0.15, 0.2) is 18.2 Å². The Hall–Kier alpha value is -1.71. The number of rotatable bonds is 4. The first-order chi connectivity index (χ1) is 9.60. The van der Waals surface area contributed by atoms with Gasteiger partial charge in [0.2, 0.25) is 5.91 Å². The van der Waals surface area contributed by atoms with Gasteiger partial charge in [0.1, 0.15) is 6.07 Å². The minimum absolute atomic E-state index is 0.0271. The maximum atomic E-state index is 11.8. The Bertz CT molecular complexity index is 585. The van der Waals surface area contributed by atoms with E-state index in [1.54, 1.807) is 17.0 Å². The van der Waals surface area contributed by atoms with Crippen LogP contribution in [0, 0.1) is 11.3 Å². The van der Waals surface area contributed by atoms with Crippen LogP contribution < -0.4 is 5.32 Å². The predicted octanol–water partition coefficient (Wildman–Crippen LogP) is 2.71. The summed E-state index contributed by atoms with van der Waals surface area (Å²) >= 11 is 7.16. The fraction of sp³-hybridized carbons (Fsp3) is 0.308. The Morgan fingerprint density at radius 3 is 2.95 bits per heavy atom. The van der Waals surface area contributed by atoms with E-state index in [1.165, 1.54) is 17.8 Å². The number of nitrogens with one attached hydrogen (secondary N) is 1. The number of nitriles is 1. The molecule has 20 heavy (non-hydrogen) atoms. The van der Waals surface area contributed by atoms with Gasteiger partial charge in [-0.25, -0.2) is 0 Å². The van der Waals surface area contributed by atoms with Crippen LogP contribution in [0.2, 0.25) is 5.02 Å². The van der Waals surface area contributed by atoms with Crippen molar-refractivity contribution < 1.29 is 9.59 Å². The Labute approximate surface area is 125 Å². The molecule has 2 rings (SSSR count). The molecule has 1 saturated heterocycles. The molecule has 1 heterocycles. The Kier molecular flexibility index (Phi) is 4.88. The van der Waals surface area contributed by atoms with Gasteiger partial charge in [0.25, 0.3) is 5.24 Å². The molecule has 1 aromatic carbocycles. The van der Waals surface area contributed by atoms with Crippen molar-refractivity contribution in [3.63, 3.8) is 0 Å². The zero-order chi connectivity index (χ0) is 14.5. The van der Waals surface area contributed by atoms with E-state index in [4.69, 9.17) is 16.9 Å². The lowest BCUT2D eigenvalue weighted by Crippen LogP contribution is -2.27. The number of nitrogens with zero attached hydrogens (tertiary/aromatic N) is 2. The first kappa shape index (κ1) is 14.7. The van der Waals surface area contributed by atoms with E-state index >= 15 is 0 Å². The van der Waals surface area contributed by atoms with Crippen LogP contribution in [-0.4, -0.2) is 34.9 Å². The van der Waals surface area contributed by atoms with Gasteiger partial charge >= 0.3 is 0 Å². The number of hydrogen-bond donors (Lipinski definition) is 1. The van der Waals surface area contributed by atoms with Crippen molar-refractivity contribution in [2.45, 2.75) is 6.42 Å². The quantitative estimate of drug-likeness (QED) is 0.928. The minimum Gasteiger partial charge on any atom is -0.332 e. The molecule has 0 aliphatic carbocycles. The summed E-state index contributed by atoms with van der Waals surface area (Å²) in [6.45, 7) is 1.11. The number of anilines is 1. The highest BCUT2D eigenvalue weighted by molar-refractivity contribution is 8.13. The van der Waals surface area contributed by atoms with Gasteiger partial charge in [-0.15, -0.1) is 0 Å². The van der Waals surface area contributed by atoms with Crippen molar-refractivity contribution in [2.75, 3.05) is 24.2 Å². The molecule has 7 heteroatoms. The van der Waals surface area contributed by atoms with E-state index in [9.17, 15) is 9.59 Å². The van der Waals surface area contributed by atoms with Crippen LogP contribution in [-0.2, 0) is 4.79 Å². The molecule has 0 saturated carbocycles. The van der Waals surface area contributed by atoms with Gasteiger partial charge in [-0.1, -0.05) is 23.4 Å². The molecule has 1 aliphatic rings. The monoisotopic (exact) mass is 309 g/mol. The van der Waals surface area contributed by atoms with Crippen molar-refractivity contribution in [3.05, 3.63) is 28.8 Å². The summed E-state index contributed by atoms with van der Waals surface area (Å²) in [5.41, 5.74) is 0.908. The number of carbonyl (C=O) groups excluding carboxylic acids is 2. The second-order valence-corrected chi connectivity index (χ2v) is 5.66. The van der Waals surface area contributed by atoms with E-state index in [0.717, 1.165) is 5.75 Å². The van der Waals surface area contributed by atoms with Crippen LogP contribution in [0.1, 0.15) is 12.0 Å². The largest absolute Gasteiger partial charge is 0.332 e. The molecule has 1 aromatic rings. The average Bonchev–Trinajstić information content (AvgIpc) is 2.82. The highest BCUT2D eigenvalue weighted by atomic mass is 35.5. The third-order valence-electron chi connectivity index (χ3n) is 2.83. The van der Waals surface area contributed by atoms with Crippen LogP contribution in [0.25, 0.3) is 0 Å². The van der Waals surface area contributed by atoms with E-state index in [-0.39, 0.29) is 17.6 Å². The van der Waals surface area contributed by atoms with Gasteiger partial charge < -0.3 is 10.2 Å². The number of thioether (sulfide) groups is 1. The fourth-order valence-electron chi connectivity index (χ4n) is 1.77. The summed E-state index contributed by atoms with van der Waals surface area (Å²) in [6.07, 6.45) is 0.240. The molecule has 104 valence electrons. The average molecular weight is 310 g/mol. The van der Waals surface area contributed by atoms with Crippen molar-refractivity contribution >= 4 is 40.2 Å². The molecule has 1 fully saturated rings. The number of amides is 2. The summed E-state index contributed by atoms with van der Waals surface area (Å²) in [5.74, 6) is 0.599. The number of halogens is 1. The normalized spacial score (nSPS) is 14.2. The topological polar surface area (TPSA) is 73.2 Å². The van der Waals surface area contributed by atoms with Crippen molar-refractivity contribution in [2.24, 2.45) is 0 Å². The van der Waals surface area contributed by atoms with E-state index in [2.05, 4.69) is 5.32 Å². The Morgan fingerprint density at radius 2 is 2.35 bits per heavy atom. The summed E-state index contributed by atoms with van der Waals surface area (Å²) in [7, 11) is 0. The summed E-state index contributed by atoms with van der Waals surface area (Å²) in [6, 6.07) is 6.67. The Balaban J connectivity index is 1.87. The lowest BCUT2D eigenvalue weighted by atomic mass is 10.2. The highest BCUT2D eigenvalue weighted by Crippen LogP contribution is 2.21. The molecule has 0 radical (unpaired) electrons. The summed E-state index contributed by atoms with van der Waals surface area (Å²) in [5, 5.41) is 11.8. The number of hydrogen-bond acceptors (Lipinski definition) is 4. The molecule has 1 aliphatic heterocycles. The summed E-state index contributed by atoms with van der Waals surface area (Å²) < 4.78 is 0. The number of benzene rings is 1. The van der Waals surface area contributed by atoms with E-state index in [0.29, 0.717) is 29.4 Å². The molecule has 1 N–H and O–H groups in total. The lowest BCUT2D eigenvalue weighted by molar-refractivity contribution is -0.116. The molecule has 0 spiro atoms. The minimum atomic E-state index is -0.185. The number of carbonyl (C=O) groups is 2. The first-order valence-corrected chi connectivity index (χ1v) is 7.37. The lowest BCUT2D eigenvalue weighted by Gasteiger charge is -2.14. The van der Waals surface area contributed by atoms with Gasteiger partial charge in [-0.2, -0.15) is 5.26 Å². The second-order valence-electron chi connectivity index (χ2n) is 4.21. The van der Waals surface area contributed by atoms with Crippen LogP contribution in [0.4, 0.5) is 10.5 Å². The third kappa shape index (κ3) is 3.65. The van der Waals surface area contributed by atoms with Crippen LogP contribution in [0.3, 0.4) is 0 Å². The van der Waals surface area contributed by atoms with Gasteiger partial charge in [-0.3, -0.25) is 9.59 Å². The Morgan fingerprint density at radius 1 is 1.55 bits per heavy atom. The second kappa shape index (κ2) is 6.64. The molecule has 5 nitrogen and oxygen atoms in total. The van der Waals surface area contributed by atoms with Crippen LogP contribution in [0.5, 0.6) is 0 Å². The zero-order valence-electron chi connectivity index (χ0n) is 10.6. The van der Waals surface area contributed by atoms with Crippen molar-refractivity contribution in [3.8, 4) is 6.07 Å². The van der Waals surface area contributed by atoms with Gasteiger partial charge in [0.15, 0.2) is 0 Å². The third-order valence-corrected chi connectivity index (χ3v) is 4.03. The molecule has 2 amide bonds. The summed E-state index contributed by atoms with van der Waals surface area (Å²) in [4.78, 5) is 24.8. The predicted molar refractivity (Wildman–Crippen MR) is 78.8 cm³/mol. The van der Waals surface area contributed by atoms with E-state index in [1.807, 2.05) is 6.07 Å². The van der Waals surface area contributed by atoms with Crippen molar-refractivity contribution in [1.29, 1.82) is 5.26 Å². The standard InChI is InChI=1S/C13H12ClN3O2S/c14-11-7-10(2-1-9(11)8-15)16-12(18)3-4-17-5-6-20-13(17)19/h1-2,7H,3-6H2,(H,16,18). The molecule has 0 atom stereocenters. The molecule has 0 aromatic heterocycles. The van der Waals surface area contributed by atoms with Gasteiger partial charge in [0.05, 0.1) is 10.6 Å². The van der Waals surface area contributed by atoms with Crippen LogP contribution >= 0.6 is 23.4 Å². The molecular weight excluding hydrogens is 298 g/mol. The fourth-order valence-corrected chi connectivity index (χ4v) is 2.85. The van der Waals surface area contributed by atoms with Gasteiger partial charge in [0, 0.05) is 31.0 Å². The molecule has 0 unspecified atom stereocenters. The smallest absolute Gasteiger partial charge is 0.281 e. The first-order valence-electron chi connectivity index (χ1n) is 6.01. The van der Waals surface area contributed by atoms with Gasteiger partial charge in [-0.05, 0) is 18.2 Å².